The van der Waals surface area contributed by atoms with Crippen LogP contribution in [0.5, 0.6) is 0 Å². The quantitative estimate of drug-likeness (QED) is 0.324. The van der Waals surface area contributed by atoms with Gasteiger partial charge in [0.1, 0.15) is 5.37 Å². The summed E-state index contributed by atoms with van der Waals surface area (Å²) in [6.45, 7) is 2.00. The number of rotatable bonds is 4. The van der Waals surface area contributed by atoms with Crippen molar-refractivity contribution in [2.45, 2.75) is 18.7 Å². The Morgan fingerprint density at radius 1 is 1.58 bits per heavy atom. The number of hydrogen-bond donors (Lipinski definition) is 3. The molecule has 0 aromatic carbocycles. The molecule has 0 aliphatic heterocycles. The van der Waals surface area contributed by atoms with Crippen LogP contribution >= 0.6 is 0 Å². The van der Waals surface area contributed by atoms with Crippen LogP contribution in [0.25, 0.3) is 0 Å². The van der Waals surface area contributed by atoms with Gasteiger partial charge in [0.15, 0.2) is 0 Å². The molecule has 12 heavy (non-hydrogen) atoms. The van der Waals surface area contributed by atoms with Crippen molar-refractivity contribution in [3.05, 3.63) is 0 Å². The molecule has 0 aromatic rings. The van der Waals surface area contributed by atoms with Crippen molar-refractivity contribution >= 4 is 10.1 Å². The van der Waals surface area contributed by atoms with Gasteiger partial charge in [0.2, 0.25) is 0 Å². The maximum atomic E-state index is 10.4. The first-order valence-electron chi connectivity index (χ1n) is 3.31. The van der Waals surface area contributed by atoms with E-state index in [1.54, 1.807) is 6.92 Å². The van der Waals surface area contributed by atoms with Gasteiger partial charge in [-0.3, -0.25) is 4.55 Å². The molecule has 0 saturated heterocycles. The molecule has 0 bridgehead atoms. The molecule has 0 heterocycles. The Balaban J connectivity index is -0.000000500. The van der Waals surface area contributed by atoms with Crippen LogP contribution in [-0.2, 0) is 10.1 Å². The standard InChI is InChI=1S/C5H14N2O3S.Na.H/c1-4(2-3-6)5(7)11(8,9)10;;/h4-5H,2-3,6-7H2,1H3,(H,8,9,10);;/q;+1;-1. The molecule has 2 atom stereocenters. The monoisotopic (exact) mass is 206 g/mol. The molecule has 5 nitrogen and oxygen atoms in total. The van der Waals surface area contributed by atoms with Crippen LogP contribution in [0.15, 0.2) is 0 Å². The van der Waals surface area contributed by atoms with Gasteiger partial charge in [0.25, 0.3) is 10.1 Å². The molecule has 2 unspecified atom stereocenters. The van der Waals surface area contributed by atoms with Crippen molar-refractivity contribution in [3.63, 3.8) is 0 Å². The van der Waals surface area contributed by atoms with E-state index in [0.29, 0.717) is 13.0 Å². The minimum atomic E-state index is -4.10. The molecule has 0 spiro atoms. The number of hydrogen-bond acceptors (Lipinski definition) is 4. The van der Waals surface area contributed by atoms with Gasteiger partial charge < -0.3 is 12.9 Å². The van der Waals surface area contributed by atoms with Crippen molar-refractivity contribution in [2.24, 2.45) is 17.4 Å². The Morgan fingerprint density at radius 2 is 2.00 bits per heavy atom. The third kappa shape index (κ3) is 5.47. The summed E-state index contributed by atoms with van der Waals surface area (Å²) in [5.41, 5.74) is 10.4. The van der Waals surface area contributed by atoms with Crippen LogP contribution in [0.3, 0.4) is 0 Å². The third-order valence-corrected chi connectivity index (χ3v) is 2.68. The largest absolute Gasteiger partial charge is 1.00 e. The van der Waals surface area contributed by atoms with Gasteiger partial charge in [-0.1, -0.05) is 6.92 Å². The zero-order valence-electron chi connectivity index (χ0n) is 8.40. The van der Waals surface area contributed by atoms with E-state index in [4.69, 9.17) is 16.0 Å². The summed E-state index contributed by atoms with van der Waals surface area (Å²) in [6, 6.07) is 0. The Hall–Kier alpha value is 0.830. The fourth-order valence-corrected chi connectivity index (χ4v) is 1.44. The third-order valence-electron chi connectivity index (χ3n) is 1.53. The molecule has 5 N–H and O–H groups in total. The Bertz CT molecular complexity index is 212. The Morgan fingerprint density at radius 3 is 2.25 bits per heavy atom. The van der Waals surface area contributed by atoms with Crippen molar-refractivity contribution in [3.8, 4) is 0 Å². The van der Waals surface area contributed by atoms with E-state index in [1.165, 1.54) is 0 Å². The molecule has 0 aliphatic rings. The maximum absolute atomic E-state index is 10.4. The van der Waals surface area contributed by atoms with Crippen molar-refractivity contribution in [1.29, 1.82) is 0 Å². The number of nitrogens with two attached hydrogens (primary N) is 2. The first kappa shape index (κ1) is 15.3. The summed E-state index contributed by atoms with van der Waals surface area (Å²) in [6.07, 6.45) is 0.487. The van der Waals surface area contributed by atoms with Crippen molar-refractivity contribution in [1.82, 2.24) is 0 Å². The van der Waals surface area contributed by atoms with E-state index < -0.39 is 15.5 Å². The van der Waals surface area contributed by atoms with Crippen molar-refractivity contribution in [2.75, 3.05) is 6.54 Å². The van der Waals surface area contributed by atoms with Gasteiger partial charge >= 0.3 is 29.6 Å². The van der Waals surface area contributed by atoms with Crippen LogP contribution in [0.1, 0.15) is 14.8 Å². The van der Waals surface area contributed by atoms with Crippen LogP contribution in [-0.4, -0.2) is 24.9 Å². The van der Waals surface area contributed by atoms with Gasteiger partial charge in [-0.2, -0.15) is 8.42 Å². The smallest absolute Gasteiger partial charge is 1.00 e. The average molecular weight is 206 g/mol. The second-order valence-corrected chi connectivity index (χ2v) is 4.11. The SMILES string of the molecule is CC(CCN)C(N)S(=O)(=O)O.[H-].[Na+]. The fourth-order valence-electron chi connectivity index (χ4n) is 0.721. The minimum absolute atomic E-state index is 0. The summed E-state index contributed by atoms with van der Waals surface area (Å²) in [5, 5.41) is -1.22. The van der Waals surface area contributed by atoms with E-state index in [0.717, 1.165) is 0 Å². The molecule has 0 fully saturated rings. The van der Waals surface area contributed by atoms with E-state index in [9.17, 15) is 8.42 Å². The maximum Gasteiger partial charge on any atom is 1.00 e. The first-order chi connectivity index (χ1) is 4.89. The summed E-state index contributed by atoms with van der Waals surface area (Å²) in [5.74, 6) is -0.310. The second kappa shape index (κ2) is 6.31. The first-order valence-corrected chi connectivity index (χ1v) is 4.82. The Labute approximate surface area is 96.4 Å². The Kier molecular flexibility index (Phi) is 8.05. The molecule has 0 aromatic heterocycles. The normalized spacial score (nSPS) is 16.3. The molecule has 0 saturated carbocycles. The average Bonchev–Trinajstić information content (AvgIpc) is 1.85. The fraction of sp³-hybridized carbons (Fsp3) is 1.00. The van der Waals surface area contributed by atoms with Gasteiger partial charge in [0.05, 0.1) is 0 Å². The molecule has 70 valence electrons. The molecule has 0 amide bonds. The zero-order chi connectivity index (χ0) is 9.07. The molecule has 7 heteroatoms. The summed E-state index contributed by atoms with van der Waals surface area (Å²) in [4.78, 5) is 0. The van der Waals surface area contributed by atoms with Crippen LogP contribution in [0, 0.1) is 5.92 Å². The molecule has 0 radical (unpaired) electrons. The second-order valence-electron chi connectivity index (χ2n) is 2.53. The van der Waals surface area contributed by atoms with E-state index in [-0.39, 0.29) is 36.9 Å². The molecule has 0 aliphatic carbocycles. The molecular weight excluding hydrogens is 191 g/mol. The van der Waals surface area contributed by atoms with Crippen LogP contribution in [0.2, 0.25) is 0 Å². The summed E-state index contributed by atoms with van der Waals surface area (Å²) < 4.78 is 29.4. The predicted molar refractivity (Wildman–Crippen MR) is 43.5 cm³/mol. The predicted octanol–water partition coefficient (Wildman–Crippen LogP) is -3.74. The summed E-state index contributed by atoms with van der Waals surface area (Å²) in [7, 11) is -4.10. The topological polar surface area (TPSA) is 106 Å². The van der Waals surface area contributed by atoms with E-state index in [2.05, 4.69) is 0 Å². The van der Waals surface area contributed by atoms with E-state index in [1.807, 2.05) is 0 Å². The van der Waals surface area contributed by atoms with Crippen molar-refractivity contribution < 1.29 is 44.0 Å². The molecule has 0 rings (SSSR count). The molecular formula is C5H15N2NaO3S. The van der Waals surface area contributed by atoms with E-state index >= 15 is 0 Å². The van der Waals surface area contributed by atoms with Gasteiger partial charge in [0, 0.05) is 0 Å². The zero-order valence-corrected chi connectivity index (χ0v) is 10.2. The van der Waals surface area contributed by atoms with Gasteiger partial charge in [-0.05, 0) is 18.9 Å². The van der Waals surface area contributed by atoms with Crippen LogP contribution < -0.4 is 41.0 Å². The summed E-state index contributed by atoms with van der Waals surface area (Å²) >= 11 is 0. The van der Waals surface area contributed by atoms with Gasteiger partial charge in [-0.15, -0.1) is 0 Å². The minimum Gasteiger partial charge on any atom is -1.00 e. The van der Waals surface area contributed by atoms with Crippen LogP contribution in [0.4, 0.5) is 0 Å². The van der Waals surface area contributed by atoms with Gasteiger partial charge in [-0.25, -0.2) is 0 Å².